The molecule has 2 heterocycles. The van der Waals surface area contributed by atoms with E-state index in [1.54, 1.807) is 0 Å². The molecule has 10 heteroatoms. The Kier molecular flexibility index (Phi) is 7.91. The molecule has 1 aliphatic heterocycles. The fraction of sp³-hybridized carbons (Fsp3) is 0.733. The van der Waals surface area contributed by atoms with Gasteiger partial charge in [0.2, 0.25) is 16.9 Å². The van der Waals surface area contributed by atoms with Crippen LogP contribution in [0.3, 0.4) is 0 Å². The van der Waals surface area contributed by atoms with Gasteiger partial charge in [0.25, 0.3) is 0 Å². The topological polar surface area (TPSA) is 90.5 Å². The van der Waals surface area contributed by atoms with Crippen molar-refractivity contribution in [3.8, 4) is 0 Å². The molecule has 2 amide bonds. The van der Waals surface area contributed by atoms with Gasteiger partial charge in [-0.25, -0.2) is 0 Å². The smallest absolute Gasteiger partial charge is 0.234 e. The van der Waals surface area contributed by atoms with Crippen molar-refractivity contribution < 1.29 is 9.59 Å². The molecular formula is C15H26N6O2S2. The molecule has 0 unspecified atom stereocenters. The zero-order valence-corrected chi connectivity index (χ0v) is 16.6. The lowest BCUT2D eigenvalue weighted by Crippen LogP contribution is -2.51. The molecule has 0 aromatic carbocycles. The molecule has 1 aromatic rings. The maximum atomic E-state index is 12.3. The highest BCUT2D eigenvalue weighted by molar-refractivity contribution is 8.01. The SMILES string of the molecule is CCNc1nnc(SCC(=O)N2CCN(CC(=O)NC(C)C)CC2)s1. The quantitative estimate of drug-likeness (QED) is 0.637. The van der Waals surface area contributed by atoms with E-state index in [-0.39, 0.29) is 17.9 Å². The van der Waals surface area contributed by atoms with Crippen molar-refractivity contribution in [2.24, 2.45) is 0 Å². The fourth-order valence-corrected chi connectivity index (χ4v) is 4.15. The highest BCUT2D eigenvalue weighted by Gasteiger charge is 2.22. The Bertz CT molecular complexity index is 572. The molecule has 0 atom stereocenters. The largest absolute Gasteiger partial charge is 0.360 e. The van der Waals surface area contributed by atoms with Crippen LogP contribution in [0.2, 0.25) is 0 Å². The molecule has 0 saturated carbocycles. The van der Waals surface area contributed by atoms with Crippen molar-refractivity contribution in [1.29, 1.82) is 0 Å². The van der Waals surface area contributed by atoms with Gasteiger partial charge in [-0.2, -0.15) is 0 Å². The van der Waals surface area contributed by atoms with Gasteiger partial charge in [-0.05, 0) is 20.8 Å². The Hall–Kier alpha value is -1.39. The number of rotatable bonds is 8. The van der Waals surface area contributed by atoms with E-state index < -0.39 is 0 Å². The molecule has 0 radical (unpaired) electrons. The summed E-state index contributed by atoms with van der Waals surface area (Å²) in [5.41, 5.74) is 0. The maximum Gasteiger partial charge on any atom is 0.234 e. The van der Waals surface area contributed by atoms with E-state index in [1.807, 2.05) is 25.7 Å². The van der Waals surface area contributed by atoms with E-state index in [2.05, 4.69) is 25.7 Å². The van der Waals surface area contributed by atoms with Gasteiger partial charge >= 0.3 is 0 Å². The van der Waals surface area contributed by atoms with Crippen molar-refractivity contribution in [3.05, 3.63) is 0 Å². The van der Waals surface area contributed by atoms with Gasteiger partial charge in [-0.15, -0.1) is 10.2 Å². The van der Waals surface area contributed by atoms with E-state index in [0.29, 0.717) is 25.4 Å². The summed E-state index contributed by atoms with van der Waals surface area (Å²) in [4.78, 5) is 28.1. The predicted molar refractivity (Wildman–Crippen MR) is 101 cm³/mol. The Morgan fingerprint density at radius 1 is 1.24 bits per heavy atom. The van der Waals surface area contributed by atoms with Crippen molar-refractivity contribution in [3.63, 3.8) is 0 Å². The van der Waals surface area contributed by atoms with E-state index in [4.69, 9.17) is 0 Å². The second-order valence-corrected chi connectivity index (χ2v) is 8.27. The first kappa shape index (κ1) is 19.9. The summed E-state index contributed by atoms with van der Waals surface area (Å²) in [7, 11) is 0. The Balaban J connectivity index is 1.69. The maximum absolute atomic E-state index is 12.3. The average Bonchev–Trinajstić information content (AvgIpc) is 3.00. The minimum absolute atomic E-state index is 0.0399. The predicted octanol–water partition coefficient (Wildman–Crippen LogP) is 0.731. The Morgan fingerprint density at radius 2 is 1.96 bits per heavy atom. The normalized spacial score (nSPS) is 15.4. The van der Waals surface area contributed by atoms with Gasteiger partial charge in [0.05, 0.1) is 12.3 Å². The molecule has 25 heavy (non-hydrogen) atoms. The fourth-order valence-electron chi connectivity index (χ4n) is 2.43. The number of hydrogen-bond acceptors (Lipinski definition) is 8. The van der Waals surface area contributed by atoms with Crippen molar-refractivity contribution in [2.75, 3.05) is 50.3 Å². The number of carbonyl (C=O) groups is 2. The number of anilines is 1. The van der Waals surface area contributed by atoms with Gasteiger partial charge < -0.3 is 15.5 Å². The summed E-state index contributed by atoms with van der Waals surface area (Å²) in [6, 6.07) is 0.154. The molecule has 1 aromatic heterocycles. The van der Waals surface area contributed by atoms with Crippen LogP contribution in [0.1, 0.15) is 20.8 Å². The lowest BCUT2D eigenvalue weighted by molar-refractivity contribution is -0.130. The third kappa shape index (κ3) is 6.79. The first-order valence-corrected chi connectivity index (χ1v) is 10.3. The Morgan fingerprint density at radius 3 is 2.60 bits per heavy atom. The third-order valence-corrected chi connectivity index (χ3v) is 5.59. The molecule has 1 fully saturated rings. The lowest BCUT2D eigenvalue weighted by atomic mass is 10.3. The zero-order chi connectivity index (χ0) is 18.2. The van der Waals surface area contributed by atoms with Crippen molar-refractivity contribution in [2.45, 2.75) is 31.2 Å². The minimum atomic E-state index is 0.0399. The van der Waals surface area contributed by atoms with Crippen LogP contribution >= 0.6 is 23.1 Å². The number of piperazine rings is 1. The molecule has 0 bridgehead atoms. The van der Waals surface area contributed by atoms with E-state index in [1.165, 1.54) is 23.1 Å². The summed E-state index contributed by atoms with van der Waals surface area (Å²) >= 11 is 2.89. The van der Waals surface area contributed by atoms with Crippen LogP contribution in [0, 0.1) is 0 Å². The molecule has 1 saturated heterocycles. The molecule has 0 aliphatic carbocycles. The zero-order valence-electron chi connectivity index (χ0n) is 14.9. The molecule has 1 aliphatic rings. The molecule has 8 nitrogen and oxygen atoms in total. The molecule has 140 valence electrons. The van der Waals surface area contributed by atoms with Crippen LogP contribution in [0.5, 0.6) is 0 Å². The number of thioether (sulfide) groups is 1. The van der Waals surface area contributed by atoms with Gasteiger partial charge in [0, 0.05) is 38.8 Å². The number of nitrogens with one attached hydrogen (secondary N) is 2. The average molecular weight is 387 g/mol. The third-order valence-electron chi connectivity index (χ3n) is 3.60. The van der Waals surface area contributed by atoms with Gasteiger partial charge in [0.1, 0.15) is 0 Å². The van der Waals surface area contributed by atoms with Crippen molar-refractivity contribution >= 4 is 40.0 Å². The number of amides is 2. The molecule has 2 N–H and O–H groups in total. The van der Waals surface area contributed by atoms with Gasteiger partial charge in [-0.1, -0.05) is 23.1 Å². The Labute approximate surface area is 156 Å². The first-order valence-electron chi connectivity index (χ1n) is 8.47. The second kappa shape index (κ2) is 9.93. The molecular weight excluding hydrogens is 360 g/mol. The van der Waals surface area contributed by atoms with Gasteiger partial charge in [0.15, 0.2) is 4.34 Å². The second-order valence-electron chi connectivity index (χ2n) is 6.07. The number of nitrogens with zero attached hydrogens (tertiary/aromatic N) is 4. The van der Waals surface area contributed by atoms with Crippen LogP contribution in [0.4, 0.5) is 5.13 Å². The van der Waals surface area contributed by atoms with E-state index in [9.17, 15) is 9.59 Å². The number of aromatic nitrogens is 2. The lowest BCUT2D eigenvalue weighted by Gasteiger charge is -2.34. The van der Waals surface area contributed by atoms with E-state index >= 15 is 0 Å². The van der Waals surface area contributed by atoms with Crippen LogP contribution in [0.25, 0.3) is 0 Å². The summed E-state index contributed by atoms with van der Waals surface area (Å²) < 4.78 is 0.799. The van der Waals surface area contributed by atoms with Crippen LogP contribution in [0.15, 0.2) is 4.34 Å². The van der Waals surface area contributed by atoms with Gasteiger partial charge in [-0.3, -0.25) is 14.5 Å². The number of hydrogen-bond donors (Lipinski definition) is 2. The van der Waals surface area contributed by atoms with Crippen LogP contribution in [-0.2, 0) is 9.59 Å². The molecule has 2 rings (SSSR count). The molecule has 0 spiro atoms. The van der Waals surface area contributed by atoms with Crippen molar-refractivity contribution in [1.82, 2.24) is 25.3 Å². The van der Waals surface area contributed by atoms with Crippen LogP contribution < -0.4 is 10.6 Å². The summed E-state index contributed by atoms with van der Waals surface area (Å²) in [6.07, 6.45) is 0. The monoisotopic (exact) mass is 386 g/mol. The summed E-state index contributed by atoms with van der Waals surface area (Å²) in [6.45, 7) is 9.88. The summed E-state index contributed by atoms with van der Waals surface area (Å²) in [5.74, 6) is 0.517. The highest BCUT2D eigenvalue weighted by atomic mass is 32.2. The minimum Gasteiger partial charge on any atom is -0.360 e. The summed E-state index contributed by atoms with van der Waals surface area (Å²) in [5, 5.41) is 14.9. The highest BCUT2D eigenvalue weighted by Crippen LogP contribution is 2.25. The first-order chi connectivity index (χ1) is 12.0. The van der Waals surface area contributed by atoms with Crippen LogP contribution in [-0.4, -0.2) is 82.9 Å². The number of carbonyl (C=O) groups excluding carboxylic acids is 2. The van der Waals surface area contributed by atoms with E-state index in [0.717, 1.165) is 29.1 Å². The standard InChI is InChI=1S/C15H26N6O2S2/c1-4-16-14-18-19-15(25-14)24-10-13(23)21-7-5-20(6-8-21)9-12(22)17-11(2)3/h11H,4-10H2,1-3H3,(H,16,18)(H,17,22).